The number of piperazine rings is 1. The summed E-state index contributed by atoms with van der Waals surface area (Å²) in [6, 6.07) is 5.86. The average Bonchev–Trinajstić information content (AvgIpc) is 2.40. The molecule has 0 aromatic heterocycles. The van der Waals surface area contributed by atoms with Crippen molar-refractivity contribution in [3.63, 3.8) is 0 Å². The van der Waals surface area contributed by atoms with Crippen LogP contribution in [0.4, 0.5) is 5.69 Å². The lowest BCUT2D eigenvalue weighted by Crippen LogP contribution is -2.47. The molecule has 0 bridgehead atoms. The minimum absolute atomic E-state index is 0.0917. The van der Waals surface area contributed by atoms with Crippen LogP contribution in [0.5, 0.6) is 0 Å². The zero-order chi connectivity index (χ0) is 13.8. The highest BCUT2D eigenvalue weighted by Crippen LogP contribution is 2.25. The first kappa shape index (κ1) is 14.3. The van der Waals surface area contributed by atoms with Crippen LogP contribution in [-0.4, -0.2) is 55.2 Å². The molecule has 0 spiro atoms. The summed E-state index contributed by atoms with van der Waals surface area (Å²) in [6.07, 6.45) is 0. The second kappa shape index (κ2) is 6.36. The van der Waals surface area contributed by atoms with Crippen LogP contribution in [0.1, 0.15) is 5.56 Å². The Balaban J connectivity index is 2.13. The number of aliphatic hydroxyl groups excluding tert-OH is 1. The minimum atomic E-state index is 0.0917. The van der Waals surface area contributed by atoms with Gasteiger partial charge in [0.2, 0.25) is 0 Å². The fourth-order valence-corrected chi connectivity index (χ4v) is 2.71. The van der Waals surface area contributed by atoms with E-state index in [0.717, 1.165) is 48.4 Å². The fraction of sp³-hybridized carbons (Fsp3) is 0.462. The summed E-state index contributed by atoms with van der Waals surface area (Å²) in [5.41, 5.74) is 7.44. The van der Waals surface area contributed by atoms with Gasteiger partial charge in [-0.25, -0.2) is 0 Å². The van der Waals surface area contributed by atoms with Crippen molar-refractivity contribution < 1.29 is 5.11 Å². The number of benzene rings is 1. The summed E-state index contributed by atoms with van der Waals surface area (Å²) in [5.74, 6) is 0.0917. The van der Waals surface area contributed by atoms with E-state index >= 15 is 0 Å². The highest BCUT2D eigenvalue weighted by molar-refractivity contribution is 9.10. The summed E-state index contributed by atoms with van der Waals surface area (Å²) >= 11 is 3.41. The number of hydrogen-bond donors (Lipinski definition) is 3. The van der Waals surface area contributed by atoms with E-state index in [-0.39, 0.29) is 12.4 Å². The molecular weight excluding hydrogens is 308 g/mol. The van der Waals surface area contributed by atoms with Gasteiger partial charge in [-0.3, -0.25) is 10.3 Å². The summed E-state index contributed by atoms with van der Waals surface area (Å²) in [7, 11) is 0. The molecule has 104 valence electrons. The monoisotopic (exact) mass is 326 g/mol. The average molecular weight is 327 g/mol. The standard InChI is InChI=1S/C13H19BrN4O/c14-10-1-2-12(11(9-10)13(15)16)18-5-3-17(4-6-18)7-8-19/h1-2,9,19H,3-8H2,(H3,15,16). The van der Waals surface area contributed by atoms with Gasteiger partial charge in [-0.1, -0.05) is 15.9 Å². The first-order valence-electron chi connectivity index (χ1n) is 6.34. The highest BCUT2D eigenvalue weighted by Gasteiger charge is 2.19. The molecular formula is C13H19BrN4O. The van der Waals surface area contributed by atoms with E-state index in [1.54, 1.807) is 0 Å². The van der Waals surface area contributed by atoms with Crippen molar-refractivity contribution in [1.29, 1.82) is 5.41 Å². The van der Waals surface area contributed by atoms with E-state index < -0.39 is 0 Å². The second-order valence-electron chi connectivity index (χ2n) is 4.63. The molecule has 1 aliphatic heterocycles. The normalized spacial score (nSPS) is 16.6. The van der Waals surface area contributed by atoms with Gasteiger partial charge in [0.1, 0.15) is 5.84 Å². The zero-order valence-electron chi connectivity index (χ0n) is 10.8. The van der Waals surface area contributed by atoms with Gasteiger partial charge in [0.25, 0.3) is 0 Å². The van der Waals surface area contributed by atoms with E-state index in [1.165, 1.54) is 0 Å². The van der Waals surface area contributed by atoms with Crippen molar-refractivity contribution in [3.05, 3.63) is 28.2 Å². The predicted octanol–water partition coefficient (Wildman–Crippen LogP) is 0.847. The van der Waals surface area contributed by atoms with Crippen LogP contribution in [0.25, 0.3) is 0 Å². The first-order chi connectivity index (χ1) is 9.11. The van der Waals surface area contributed by atoms with Crippen LogP contribution < -0.4 is 10.6 Å². The summed E-state index contributed by atoms with van der Waals surface area (Å²) in [4.78, 5) is 4.49. The topological polar surface area (TPSA) is 76.6 Å². The zero-order valence-corrected chi connectivity index (χ0v) is 12.4. The molecule has 0 unspecified atom stereocenters. The van der Waals surface area contributed by atoms with E-state index in [0.29, 0.717) is 0 Å². The number of rotatable bonds is 4. The Morgan fingerprint density at radius 2 is 2.00 bits per heavy atom. The summed E-state index contributed by atoms with van der Waals surface area (Å²) in [5, 5.41) is 16.6. The SMILES string of the molecule is N=C(N)c1cc(Br)ccc1N1CCN(CCO)CC1. The quantitative estimate of drug-likeness (QED) is 0.566. The van der Waals surface area contributed by atoms with E-state index in [1.807, 2.05) is 18.2 Å². The third-order valence-electron chi connectivity index (χ3n) is 3.38. The second-order valence-corrected chi connectivity index (χ2v) is 5.54. The Bertz CT molecular complexity index is 458. The molecule has 2 rings (SSSR count). The number of hydrogen-bond acceptors (Lipinski definition) is 4. The molecule has 0 aliphatic carbocycles. The molecule has 0 amide bonds. The molecule has 0 saturated carbocycles. The molecule has 1 aromatic rings. The van der Waals surface area contributed by atoms with E-state index in [9.17, 15) is 0 Å². The van der Waals surface area contributed by atoms with Crippen molar-refractivity contribution in [1.82, 2.24) is 4.90 Å². The van der Waals surface area contributed by atoms with Crippen molar-refractivity contribution in [2.75, 3.05) is 44.2 Å². The lowest BCUT2D eigenvalue weighted by molar-refractivity contribution is 0.189. The number of aliphatic hydroxyl groups is 1. The van der Waals surface area contributed by atoms with Gasteiger partial charge >= 0.3 is 0 Å². The molecule has 1 heterocycles. The molecule has 6 heteroatoms. The molecule has 19 heavy (non-hydrogen) atoms. The van der Waals surface area contributed by atoms with Gasteiger partial charge in [0.05, 0.1) is 6.61 Å². The number of nitrogens with two attached hydrogens (primary N) is 1. The predicted molar refractivity (Wildman–Crippen MR) is 80.9 cm³/mol. The Morgan fingerprint density at radius 1 is 1.32 bits per heavy atom. The number of halogens is 1. The number of β-amino-alcohol motifs (C(OH)–C–C–N with tert-alkyl or cyclic N) is 1. The van der Waals surface area contributed by atoms with Crippen molar-refractivity contribution in [2.24, 2.45) is 5.73 Å². The largest absolute Gasteiger partial charge is 0.395 e. The van der Waals surface area contributed by atoms with Gasteiger partial charge in [-0.05, 0) is 18.2 Å². The van der Waals surface area contributed by atoms with E-state index in [2.05, 4.69) is 25.7 Å². The van der Waals surface area contributed by atoms with Crippen LogP contribution in [0.15, 0.2) is 22.7 Å². The van der Waals surface area contributed by atoms with Crippen molar-refractivity contribution >= 4 is 27.5 Å². The van der Waals surface area contributed by atoms with Crippen LogP contribution >= 0.6 is 15.9 Å². The molecule has 0 radical (unpaired) electrons. The van der Waals surface area contributed by atoms with Gasteiger partial charge in [0.15, 0.2) is 0 Å². The lowest BCUT2D eigenvalue weighted by atomic mass is 10.1. The Hall–Kier alpha value is -1.11. The van der Waals surface area contributed by atoms with Gasteiger partial charge in [-0.15, -0.1) is 0 Å². The maximum absolute atomic E-state index is 8.94. The fourth-order valence-electron chi connectivity index (χ4n) is 2.35. The van der Waals surface area contributed by atoms with Gasteiger partial charge in [0, 0.05) is 48.4 Å². The first-order valence-corrected chi connectivity index (χ1v) is 7.13. The van der Waals surface area contributed by atoms with Crippen LogP contribution in [0, 0.1) is 5.41 Å². The molecule has 5 nitrogen and oxygen atoms in total. The number of nitrogen functional groups attached to an aromatic ring is 1. The third-order valence-corrected chi connectivity index (χ3v) is 3.87. The number of nitrogens with one attached hydrogen (secondary N) is 1. The summed E-state index contributed by atoms with van der Waals surface area (Å²) < 4.78 is 0.931. The summed E-state index contributed by atoms with van der Waals surface area (Å²) in [6.45, 7) is 4.57. The van der Waals surface area contributed by atoms with Gasteiger partial charge < -0.3 is 15.7 Å². The minimum Gasteiger partial charge on any atom is -0.395 e. The van der Waals surface area contributed by atoms with Crippen molar-refractivity contribution in [2.45, 2.75) is 0 Å². The molecule has 1 saturated heterocycles. The van der Waals surface area contributed by atoms with Crippen LogP contribution in [0.2, 0.25) is 0 Å². The number of amidine groups is 1. The molecule has 1 aromatic carbocycles. The van der Waals surface area contributed by atoms with E-state index in [4.69, 9.17) is 16.2 Å². The smallest absolute Gasteiger partial charge is 0.124 e. The maximum Gasteiger partial charge on any atom is 0.124 e. The van der Waals surface area contributed by atoms with Crippen molar-refractivity contribution in [3.8, 4) is 0 Å². The number of nitrogens with zero attached hydrogens (tertiary/aromatic N) is 2. The maximum atomic E-state index is 8.94. The Labute approximate surface area is 121 Å². The third kappa shape index (κ3) is 3.46. The Morgan fingerprint density at radius 3 is 2.58 bits per heavy atom. The molecule has 4 N–H and O–H groups in total. The molecule has 1 aliphatic rings. The van der Waals surface area contributed by atoms with Gasteiger partial charge in [-0.2, -0.15) is 0 Å². The molecule has 1 fully saturated rings. The van der Waals surface area contributed by atoms with Crippen LogP contribution in [0.3, 0.4) is 0 Å². The molecule has 0 atom stereocenters. The number of anilines is 1. The lowest BCUT2D eigenvalue weighted by Gasteiger charge is -2.36. The Kier molecular flexibility index (Phi) is 4.79. The van der Waals surface area contributed by atoms with Crippen LogP contribution in [-0.2, 0) is 0 Å². The highest BCUT2D eigenvalue weighted by atomic mass is 79.9.